The highest BCUT2D eigenvalue weighted by molar-refractivity contribution is 5.94. The first-order valence-electron chi connectivity index (χ1n) is 13.0. The molecule has 0 spiro atoms. The standard InChI is InChI=1S/C28H34N2O6/c1-3-17-19(5-7-21-23(17)15-35-27(21)33)25(31)13-29-9-11-30(12-10-29)14-26(32)20-6-8-22-24(18(20)4-2)16-36-28(22)34/h5-8,25-26,31-32H,3-4,9-16H2,1-2H3/p+1. The smallest absolute Gasteiger partial charge is 0.338 e. The third-order valence-electron chi connectivity index (χ3n) is 7.97. The Balaban J connectivity index is 1.18. The highest BCUT2D eigenvalue weighted by atomic mass is 16.5. The third kappa shape index (κ3) is 4.54. The van der Waals surface area contributed by atoms with Crippen LogP contribution in [-0.2, 0) is 35.5 Å². The summed E-state index contributed by atoms with van der Waals surface area (Å²) >= 11 is 0. The van der Waals surface area contributed by atoms with E-state index in [2.05, 4.69) is 4.90 Å². The number of cyclic esters (lactones) is 2. The highest BCUT2D eigenvalue weighted by Crippen LogP contribution is 2.31. The van der Waals surface area contributed by atoms with Gasteiger partial charge in [-0.3, -0.25) is 4.90 Å². The molecule has 0 aromatic heterocycles. The number of piperazine rings is 1. The van der Waals surface area contributed by atoms with Gasteiger partial charge in [0.25, 0.3) is 0 Å². The molecule has 1 fully saturated rings. The van der Waals surface area contributed by atoms with Crippen molar-refractivity contribution in [2.45, 2.75) is 52.1 Å². The van der Waals surface area contributed by atoms with Gasteiger partial charge in [-0.1, -0.05) is 26.0 Å². The number of esters is 2. The molecule has 0 amide bonds. The molecule has 2 aromatic carbocycles. The van der Waals surface area contributed by atoms with E-state index in [4.69, 9.17) is 9.47 Å². The molecule has 2 aromatic rings. The lowest BCUT2D eigenvalue weighted by atomic mass is 9.92. The van der Waals surface area contributed by atoms with E-state index in [-0.39, 0.29) is 18.5 Å². The van der Waals surface area contributed by atoms with Crippen LogP contribution in [0.15, 0.2) is 24.3 Å². The van der Waals surface area contributed by atoms with Crippen molar-refractivity contribution >= 4 is 11.9 Å². The van der Waals surface area contributed by atoms with Crippen molar-refractivity contribution < 1.29 is 34.2 Å². The molecule has 0 radical (unpaired) electrons. The molecule has 2 unspecified atom stereocenters. The minimum Gasteiger partial charge on any atom is -0.457 e. The molecule has 3 aliphatic heterocycles. The van der Waals surface area contributed by atoms with Gasteiger partial charge in [-0.25, -0.2) is 9.59 Å². The fourth-order valence-corrected chi connectivity index (χ4v) is 6.01. The first kappa shape index (κ1) is 24.9. The zero-order valence-corrected chi connectivity index (χ0v) is 21.0. The van der Waals surface area contributed by atoms with Gasteiger partial charge < -0.3 is 24.6 Å². The van der Waals surface area contributed by atoms with Gasteiger partial charge in [0.2, 0.25) is 0 Å². The topological polar surface area (TPSA) is 101 Å². The molecule has 5 rings (SSSR count). The second kappa shape index (κ2) is 10.3. The Morgan fingerprint density at radius 1 is 0.833 bits per heavy atom. The number of aliphatic hydroxyl groups excluding tert-OH is 2. The Morgan fingerprint density at radius 3 is 1.83 bits per heavy atom. The minimum atomic E-state index is -0.628. The van der Waals surface area contributed by atoms with Crippen molar-refractivity contribution in [2.24, 2.45) is 0 Å². The van der Waals surface area contributed by atoms with E-state index in [1.54, 1.807) is 12.1 Å². The van der Waals surface area contributed by atoms with Gasteiger partial charge in [0.1, 0.15) is 25.9 Å². The summed E-state index contributed by atoms with van der Waals surface area (Å²) in [5.41, 5.74) is 6.89. The summed E-state index contributed by atoms with van der Waals surface area (Å²) in [6.45, 7) is 9.23. The number of β-amino-alcohol motifs (C(OH)–C–C–N with tert-alkyl or cyclic N) is 1. The summed E-state index contributed by atoms with van der Waals surface area (Å²) in [6.07, 6.45) is 0.258. The van der Waals surface area contributed by atoms with E-state index < -0.39 is 12.2 Å². The van der Waals surface area contributed by atoms with E-state index in [0.717, 1.165) is 72.4 Å². The Bertz CT molecular complexity index is 1080. The second-order valence-electron chi connectivity index (χ2n) is 9.96. The van der Waals surface area contributed by atoms with Crippen LogP contribution in [0.1, 0.15) is 80.2 Å². The fourth-order valence-electron chi connectivity index (χ4n) is 6.01. The first-order chi connectivity index (χ1) is 17.4. The maximum absolute atomic E-state index is 11.9. The largest absolute Gasteiger partial charge is 0.457 e. The number of carbonyl (C=O) groups excluding carboxylic acids is 2. The summed E-state index contributed by atoms with van der Waals surface area (Å²) in [7, 11) is 0. The lowest BCUT2D eigenvalue weighted by molar-refractivity contribution is -0.908. The maximum atomic E-state index is 11.9. The summed E-state index contributed by atoms with van der Waals surface area (Å²) in [5.74, 6) is -0.563. The Hall–Kier alpha value is -2.78. The molecular weight excluding hydrogens is 460 g/mol. The zero-order chi connectivity index (χ0) is 25.4. The molecule has 3 aliphatic rings. The molecule has 3 heterocycles. The zero-order valence-electron chi connectivity index (χ0n) is 21.0. The summed E-state index contributed by atoms with van der Waals surface area (Å²) < 4.78 is 10.4. The Morgan fingerprint density at radius 2 is 1.33 bits per heavy atom. The average Bonchev–Trinajstić information content (AvgIpc) is 3.46. The number of hydrogen-bond acceptors (Lipinski definition) is 7. The van der Waals surface area contributed by atoms with Gasteiger partial charge in [-0.05, 0) is 47.2 Å². The monoisotopic (exact) mass is 495 g/mol. The van der Waals surface area contributed by atoms with E-state index in [1.807, 2.05) is 26.0 Å². The summed E-state index contributed by atoms with van der Waals surface area (Å²) in [5, 5.41) is 22.1. The average molecular weight is 496 g/mol. The number of benzene rings is 2. The number of fused-ring (bicyclic) bond motifs is 2. The van der Waals surface area contributed by atoms with Crippen molar-refractivity contribution in [3.8, 4) is 0 Å². The number of hydrogen-bond donors (Lipinski definition) is 3. The molecule has 8 heteroatoms. The van der Waals surface area contributed by atoms with Crippen LogP contribution >= 0.6 is 0 Å². The number of carbonyl (C=O) groups is 2. The van der Waals surface area contributed by atoms with Crippen molar-refractivity contribution in [1.29, 1.82) is 0 Å². The van der Waals surface area contributed by atoms with Crippen LogP contribution in [0.5, 0.6) is 0 Å². The number of aliphatic hydroxyl groups is 2. The fraction of sp³-hybridized carbons (Fsp3) is 0.500. The van der Waals surface area contributed by atoms with E-state index in [9.17, 15) is 19.8 Å². The third-order valence-corrected chi connectivity index (χ3v) is 7.97. The van der Waals surface area contributed by atoms with Crippen LogP contribution in [0.4, 0.5) is 0 Å². The molecular formula is C28H35N2O6+. The molecule has 3 N–H and O–H groups in total. The van der Waals surface area contributed by atoms with Crippen LogP contribution in [0.2, 0.25) is 0 Å². The quantitative estimate of drug-likeness (QED) is 0.472. The lowest BCUT2D eigenvalue weighted by Gasteiger charge is -2.34. The summed E-state index contributed by atoms with van der Waals surface area (Å²) in [4.78, 5) is 27.4. The normalized spacial score (nSPS) is 19.6. The number of rotatable bonds is 8. The number of nitrogens with zero attached hydrogens (tertiary/aromatic N) is 1. The van der Waals surface area contributed by atoms with Crippen LogP contribution in [0.25, 0.3) is 0 Å². The summed E-state index contributed by atoms with van der Waals surface area (Å²) in [6, 6.07) is 7.30. The van der Waals surface area contributed by atoms with Gasteiger partial charge in [-0.15, -0.1) is 0 Å². The van der Waals surface area contributed by atoms with Crippen molar-refractivity contribution in [3.63, 3.8) is 0 Å². The van der Waals surface area contributed by atoms with Gasteiger partial charge in [0.05, 0.1) is 30.3 Å². The maximum Gasteiger partial charge on any atom is 0.338 e. The van der Waals surface area contributed by atoms with Gasteiger partial charge in [0, 0.05) is 30.8 Å². The second-order valence-corrected chi connectivity index (χ2v) is 9.96. The molecule has 192 valence electrons. The van der Waals surface area contributed by atoms with Gasteiger partial charge in [-0.2, -0.15) is 0 Å². The molecule has 0 bridgehead atoms. The molecule has 36 heavy (non-hydrogen) atoms. The predicted octanol–water partition coefficient (Wildman–Crippen LogP) is 1.12. The lowest BCUT2D eigenvalue weighted by Crippen LogP contribution is -3.15. The van der Waals surface area contributed by atoms with Gasteiger partial charge >= 0.3 is 11.9 Å². The Labute approximate surface area is 211 Å². The SMILES string of the molecule is CCc1c(C(O)CN2CC[NH+](CC(O)c3ccc4c(c3CC)COC4=O)CC2)ccc2c1COC2=O. The minimum absolute atomic E-state index is 0.280. The number of quaternary nitrogens is 1. The first-order valence-corrected chi connectivity index (χ1v) is 13.0. The molecule has 1 saturated heterocycles. The number of ether oxygens (including phenoxy) is 2. The van der Waals surface area contributed by atoms with Crippen LogP contribution in [0, 0.1) is 0 Å². The van der Waals surface area contributed by atoms with E-state index in [1.165, 1.54) is 4.90 Å². The molecule has 2 atom stereocenters. The highest BCUT2D eigenvalue weighted by Gasteiger charge is 2.31. The van der Waals surface area contributed by atoms with E-state index in [0.29, 0.717) is 30.8 Å². The van der Waals surface area contributed by atoms with Crippen LogP contribution in [0.3, 0.4) is 0 Å². The van der Waals surface area contributed by atoms with E-state index >= 15 is 0 Å². The van der Waals surface area contributed by atoms with Crippen molar-refractivity contribution in [2.75, 3.05) is 39.3 Å². The molecule has 0 saturated carbocycles. The van der Waals surface area contributed by atoms with Gasteiger partial charge in [0.15, 0.2) is 0 Å². The Kier molecular flexibility index (Phi) is 7.12. The van der Waals surface area contributed by atoms with Crippen LogP contribution in [-0.4, -0.2) is 66.3 Å². The van der Waals surface area contributed by atoms with Crippen molar-refractivity contribution in [3.05, 3.63) is 68.8 Å². The molecule has 0 aliphatic carbocycles. The molecule has 8 nitrogen and oxygen atoms in total. The predicted molar refractivity (Wildman–Crippen MR) is 132 cm³/mol. The number of nitrogens with one attached hydrogen (secondary N) is 1. The van der Waals surface area contributed by atoms with Crippen LogP contribution < -0.4 is 4.90 Å². The van der Waals surface area contributed by atoms with Crippen molar-refractivity contribution in [1.82, 2.24) is 4.90 Å².